The molecule has 2 heterocycles. The molecule has 1 aromatic heterocycles. The Kier molecular flexibility index (Phi) is 4.64. The number of likely N-dealkylation sites (tertiary alicyclic amines) is 1. The summed E-state index contributed by atoms with van der Waals surface area (Å²) in [4.78, 5) is 13.4. The van der Waals surface area contributed by atoms with Gasteiger partial charge in [0.15, 0.2) is 0 Å². The van der Waals surface area contributed by atoms with Gasteiger partial charge < -0.3 is 9.52 Å². The van der Waals surface area contributed by atoms with Gasteiger partial charge in [-0.3, -0.25) is 4.90 Å². The molecule has 0 saturated carbocycles. The number of hydrogen-bond acceptors (Lipinski definition) is 3. The molecule has 0 amide bonds. The zero-order valence-electron chi connectivity index (χ0n) is 11.8. The molecule has 1 fully saturated rings. The minimum absolute atomic E-state index is 0.0513. The second-order valence-corrected chi connectivity index (χ2v) is 5.38. The average Bonchev–Trinajstić information content (AvgIpc) is 2.61. The maximum absolute atomic E-state index is 10.9. The Bertz CT molecular complexity index is 439. The molecular formula is C15H23NO3. The fourth-order valence-electron chi connectivity index (χ4n) is 2.91. The summed E-state index contributed by atoms with van der Waals surface area (Å²) < 4.78 is 5.29. The Labute approximate surface area is 114 Å². The third-order valence-corrected chi connectivity index (χ3v) is 4.08. The molecule has 1 aromatic rings. The molecule has 0 aliphatic carbocycles. The SMILES string of the molecule is CCC1CCCCCN1Cc1cc(C(=O)O)oc1C. The largest absolute Gasteiger partial charge is 0.475 e. The molecule has 106 valence electrons. The molecule has 0 spiro atoms. The van der Waals surface area contributed by atoms with Crippen molar-refractivity contribution < 1.29 is 14.3 Å². The number of carbonyl (C=O) groups is 1. The predicted molar refractivity (Wildman–Crippen MR) is 73.4 cm³/mol. The van der Waals surface area contributed by atoms with Crippen molar-refractivity contribution in [2.24, 2.45) is 0 Å². The molecule has 2 rings (SSSR count). The van der Waals surface area contributed by atoms with Crippen molar-refractivity contribution in [3.8, 4) is 0 Å². The van der Waals surface area contributed by atoms with E-state index >= 15 is 0 Å². The minimum atomic E-state index is -0.989. The van der Waals surface area contributed by atoms with E-state index in [0.717, 1.165) is 30.8 Å². The van der Waals surface area contributed by atoms with E-state index in [4.69, 9.17) is 9.52 Å². The first-order valence-corrected chi connectivity index (χ1v) is 7.18. The molecule has 0 aromatic carbocycles. The van der Waals surface area contributed by atoms with Gasteiger partial charge in [-0.2, -0.15) is 0 Å². The van der Waals surface area contributed by atoms with E-state index in [1.54, 1.807) is 6.07 Å². The van der Waals surface area contributed by atoms with Crippen molar-refractivity contribution >= 4 is 5.97 Å². The van der Waals surface area contributed by atoms with Crippen molar-refractivity contribution in [2.75, 3.05) is 6.54 Å². The summed E-state index contributed by atoms with van der Waals surface area (Å²) in [6.45, 7) is 5.99. The zero-order chi connectivity index (χ0) is 13.8. The van der Waals surface area contributed by atoms with Gasteiger partial charge in [-0.05, 0) is 38.8 Å². The highest BCUT2D eigenvalue weighted by Gasteiger charge is 2.22. The minimum Gasteiger partial charge on any atom is -0.475 e. The Morgan fingerprint density at radius 2 is 2.26 bits per heavy atom. The molecule has 4 nitrogen and oxygen atoms in total. The molecule has 1 aliphatic heterocycles. The smallest absolute Gasteiger partial charge is 0.371 e. The summed E-state index contributed by atoms with van der Waals surface area (Å²) in [6.07, 6.45) is 6.25. The van der Waals surface area contributed by atoms with Crippen molar-refractivity contribution in [2.45, 2.75) is 58.5 Å². The first kappa shape index (κ1) is 14.1. The molecule has 1 N–H and O–H groups in total. The van der Waals surface area contributed by atoms with Gasteiger partial charge in [-0.15, -0.1) is 0 Å². The Morgan fingerprint density at radius 1 is 1.47 bits per heavy atom. The van der Waals surface area contributed by atoms with E-state index in [9.17, 15) is 4.79 Å². The zero-order valence-corrected chi connectivity index (χ0v) is 11.8. The fourth-order valence-corrected chi connectivity index (χ4v) is 2.91. The average molecular weight is 265 g/mol. The fraction of sp³-hybridized carbons (Fsp3) is 0.667. The van der Waals surface area contributed by atoms with Crippen LogP contribution in [0.1, 0.15) is 60.9 Å². The lowest BCUT2D eigenvalue weighted by Crippen LogP contribution is -2.33. The molecule has 1 saturated heterocycles. The number of nitrogens with zero attached hydrogens (tertiary/aromatic N) is 1. The van der Waals surface area contributed by atoms with E-state index in [-0.39, 0.29) is 5.76 Å². The van der Waals surface area contributed by atoms with Crippen LogP contribution in [-0.2, 0) is 6.54 Å². The van der Waals surface area contributed by atoms with Crippen LogP contribution in [0.5, 0.6) is 0 Å². The number of aryl methyl sites for hydroxylation is 1. The molecule has 1 unspecified atom stereocenters. The van der Waals surface area contributed by atoms with Crippen LogP contribution in [0.2, 0.25) is 0 Å². The summed E-state index contributed by atoms with van der Waals surface area (Å²) in [5.74, 6) is -0.205. The summed E-state index contributed by atoms with van der Waals surface area (Å²) in [5.41, 5.74) is 1.01. The number of rotatable bonds is 4. The number of carboxylic acid groups (broad SMARTS) is 1. The first-order chi connectivity index (χ1) is 9.11. The van der Waals surface area contributed by atoms with Gasteiger partial charge in [0.25, 0.3) is 0 Å². The number of carboxylic acids is 1. The summed E-state index contributed by atoms with van der Waals surface area (Å²) >= 11 is 0. The topological polar surface area (TPSA) is 53.7 Å². The lowest BCUT2D eigenvalue weighted by atomic mass is 10.1. The van der Waals surface area contributed by atoms with Gasteiger partial charge >= 0.3 is 5.97 Å². The maximum Gasteiger partial charge on any atom is 0.371 e. The number of furan rings is 1. The van der Waals surface area contributed by atoms with Gasteiger partial charge in [0, 0.05) is 18.2 Å². The van der Waals surface area contributed by atoms with Gasteiger partial charge in [0.2, 0.25) is 5.76 Å². The Morgan fingerprint density at radius 3 is 2.89 bits per heavy atom. The highest BCUT2D eigenvalue weighted by molar-refractivity contribution is 5.84. The van der Waals surface area contributed by atoms with Gasteiger partial charge in [0.05, 0.1) is 0 Å². The quantitative estimate of drug-likeness (QED) is 0.906. The van der Waals surface area contributed by atoms with Crippen molar-refractivity contribution in [1.29, 1.82) is 0 Å². The molecule has 1 atom stereocenters. The number of hydrogen-bond donors (Lipinski definition) is 1. The summed E-state index contributed by atoms with van der Waals surface area (Å²) in [7, 11) is 0. The van der Waals surface area contributed by atoms with E-state index < -0.39 is 5.97 Å². The van der Waals surface area contributed by atoms with Crippen LogP contribution in [0.4, 0.5) is 0 Å². The lowest BCUT2D eigenvalue weighted by molar-refractivity contribution is 0.0661. The number of aromatic carboxylic acids is 1. The van der Waals surface area contributed by atoms with E-state index in [2.05, 4.69) is 11.8 Å². The van der Waals surface area contributed by atoms with Crippen LogP contribution < -0.4 is 0 Å². The molecule has 4 heteroatoms. The van der Waals surface area contributed by atoms with Crippen molar-refractivity contribution in [3.05, 3.63) is 23.2 Å². The van der Waals surface area contributed by atoms with Crippen molar-refractivity contribution in [3.63, 3.8) is 0 Å². The molecule has 1 aliphatic rings. The Balaban J connectivity index is 2.11. The molecule has 19 heavy (non-hydrogen) atoms. The third-order valence-electron chi connectivity index (χ3n) is 4.08. The standard InChI is InChI=1S/C15H23NO3/c1-3-13-7-5-4-6-8-16(13)10-12-9-14(15(17)18)19-11(12)2/h9,13H,3-8,10H2,1-2H3,(H,17,18). The van der Waals surface area contributed by atoms with E-state index in [0.29, 0.717) is 6.04 Å². The Hall–Kier alpha value is -1.29. The van der Waals surface area contributed by atoms with Gasteiger partial charge in [0.1, 0.15) is 5.76 Å². The summed E-state index contributed by atoms with van der Waals surface area (Å²) in [6, 6.07) is 2.29. The maximum atomic E-state index is 10.9. The highest BCUT2D eigenvalue weighted by Crippen LogP contribution is 2.24. The predicted octanol–water partition coefficient (Wildman–Crippen LogP) is 3.44. The van der Waals surface area contributed by atoms with E-state index in [1.807, 2.05) is 6.92 Å². The van der Waals surface area contributed by atoms with Crippen LogP contribution in [0, 0.1) is 6.92 Å². The summed E-state index contributed by atoms with van der Waals surface area (Å²) in [5, 5.41) is 8.96. The van der Waals surface area contributed by atoms with Crippen LogP contribution in [-0.4, -0.2) is 28.6 Å². The van der Waals surface area contributed by atoms with Crippen LogP contribution in [0.25, 0.3) is 0 Å². The van der Waals surface area contributed by atoms with Gasteiger partial charge in [-0.1, -0.05) is 19.8 Å². The first-order valence-electron chi connectivity index (χ1n) is 7.18. The third kappa shape index (κ3) is 3.38. The van der Waals surface area contributed by atoms with Crippen molar-refractivity contribution in [1.82, 2.24) is 4.90 Å². The van der Waals surface area contributed by atoms with Crippen LogP contribution in [0.3, 0.4) is 0 Å². The van der Waals surface area contributed by atoms with Gasteiger partial charge in [-0.25, -0.2) is 4.79 Å². The second kappa shape index (κ2) is 6.24. The monoisotopic (exact) mass is 265 g/mol. The molecule has 0 radical (unpaired) electrons. The van der Waals surface area contributed by atoms with Crippen LogP contribution in [0.15, 0.2) is 10.5 Å². The van der Waals surface area contributed by atoms with E-state index in [1.165, 1.54) is 25.7 Å². The lowest BCUT2D eigenvalue weighted by Gasteiger charge is -2.28. The molecular weight excluding hydrogens is 242 g/mol. The molecule has 0 bridgehead atoms. The second-order valence-electron chi connectivity index (χ2n) is 5.38. The highest BCUT2D eigenvalue weighted by atomic mass is 16.4. The normalized spacial score (nSPS) is 21.3. The van der Waals surface area contributed by atoms with Crippen LogP contribution >= 0.6 is 0 Å².